The van der Waals surface area contributed by atoms with Crippen molar-refractivity contribution in [1.82, 2.24) is 0 Å². The maximum Gasteiger partial charge on any atom is 0.414 e. The van der Waals surface area contributed by atoms with E-state index in [2.05, 4.69) is 10.8 Å². The molecular weight excluding hydrogens is 248 g/mol. The maximum absolute atomic E-state index is 11.6. The minimum atomic E-state index is -0.489. The average Bonchev–Trinajstić information content (AvgIpc) is 2.47. The largest absolute Gasteiger partial charge is 0.465 e. The summed E-state index contributed by atoms with van der Waals surface area (Å²) in [6.45, 7) is 0.402. The fraction of sp³-hybridized carbons (Fsp3) is 0.308. The van der Waals surface area contributed by atoms with Crippen LogP contribution in [0.3, 0.4) is 0 Å². The van der Waals surface area contributed by atoms with Gasteiger partial charge in [-0.1, -0.05) is 0 Å². The zero-order valence-electron chi connectivity index (χ0n) is 10.3. The molecule has 1 heterocycles. The number of benzene rings is 1. The average molecular weight is 260 g/mol. The summed E-state index contributed by atoms with van der Waals surface area (Å²) in [6.07, 6.45) is -0.489. The first-order valence-corrected chi connectivity index (χ1v) is 5.68. The molecule has 1 unspecified atom stereocenters. The number of hydrogen-bond acceptors (Lipinski definition) is 5. The number of methoxy groups -OCH3 is 1. The quantitative estimate of drug-likeness (QED) is 0.754. The molecule has 6 heteroatoms. The molecule has 1 atom stereocenters. The molecule has 19 heavy (non-hydrogen) atoms. The second kappa shape index (κ2) is 5.40. The zero-order valence-corrected chi connectivity index (χ0v) is 10.3. The molecule has 1 aliphatic heterocycles. The highest BCUT2D eigenvalue weighted by Gasteiger charge is 2.28. The lowest BCUT2D eigenvalue weighted by molar-refractivity contribution is 0.0600. The van der Waals surface area contributed by atoms with Gasteiger partial charge in [0.1, 0.15) is 6.61 Å². The highest BCUT2D eigenvalue weighted by molar-refractivity contribution is 5.92. The third kappa shape index (κ3) is 2.65. The van der Waals surface area contributed by atoms with Crippen LogP contribution in [0.2, 0.25) is 0 Å². The van der Waals surface area contributed by atoms with Gasteiger partial charge in [-0.25, -0.2) is 9.59 Å². The van der Waals surface area contributed by atoms with Crippen molar-refractivity contribution in [1.29, 1.82) is 5.26 Å². The number of ether oxygens (including phenoxy) is 2. The molecule has 0 aliphatic carbocycles. The summed E-state index contributed by atoms with van der Waals surface area (Å²) in [5, 5.41) is 8.86. The summed E-state index contributed by atoms with van der Waals surface area (Å²) < 4.78 is 9.51. The minimum absolute atomic E-state index is 0.117. The number of cyclic esters (lactones) is 1. The van der Waals surface area contributed by atoms with Crippen molar-refractivity contribution in [2.75, 3.05) is 25.2 Å². The summed E-state index contributed by atoms with van der Waals surface area (Å²) in [4.78, 5) is 24.3. The van der Waals surface area contributed by atoms with E-state index in [1.807, 2.05) is 0 Å². The summed E-state index contributed by atoms with van der Waals surface area (Å²) in [5.74, 6) is -0.791. The summed E-state index contributed by atoms with van der Waals surface area (Å²) >= 11 is 0. The SMILES string of the molecule is COC(=O)c1ccc(N2CC(C#N)COC2=O)cc1. The van der Waals surface area contributed by atoms with E-state index in [0.29, 0.717) is 11.3 Å². The molecule has 2 rings (SSSR count). The third-order valence-corrected chi connectivity index (χ3v) is 2.81. The number of nitriles is 1. The molecule has 1 amide bonds. The Balaban J connectivity index is 2.19. The molecule has 1 fully saturated rings. The highest BCUT2D eigenvalue weighted by Crippen LogP contribution is 2.21. The highest BCUT2D eigenvalue weighted by atomic mass is 16.6. The molecule has 0 bridgehead atoms. The van der Waals surface area contributed by atoms with E-state index in [1.54, 1.807) is 24.3 Å². The molecule has 0 N–H and O–H groups in total. The van der Waals surface area contributed by atoms with Crippen molar-refractivity contribution >= 4 is 17.7 Å². The van der Waals surface area contributed by atoms with Crippen LogP contribution < -0.4 is 4.90 Å². The van der Waals surface area contributed by atoms with Crippen LogP contribution in [0.25, 0.3) is 0 Å². The first-order valence-electron chi connectivity index (χ1n) is 5.68. The van der Waals surface area contributed by atoms with Crippen LogP contribution in [-0.4, -0.2) is 32.3 Å². The van der Waals surface area contributed by atoms with E-state index >= 15 is 0 Å². The van der Waals surface area contributed by atoms with E-state index in [4.69, 9.17) is 10.00 Å². The van der Waals surface area contributed by atoms with Gasteiger partial charge in [0.15, 0.2) is 0 Å². The Morgan fingerprint density at radius 3 is 2.74 bits per heavy atom. The standard InChI is InChI=1S/C13H12N2O4/c1-18-12(16)10-2-4-11(5-3-10)15-7-9(6-14)8-19-13(15)17/h2-5,9H,7-8H2,1H3. The number of anilines is 1. The van der Waals surface area contributed by atoms with Gasteiger partial charge in [-0.3, -0.25) is 4.90 Å². The fourth-order valence-corrected chi connectivity index (χ4v) is 1.78. The van der Waals surface area contributed by atoms with Crippen LogP contribution in [0.15, 0.2) is 24.3 Å². The van der Waals surface area contributed by atoms with Gasteiger partial charge in [0.25, 0.3) is 0 Å². The lowest BCUT2D eigenvalue weighted by Gasteiger charge is -2.29. The molecule has 0 spiro atoms. The van der Waals surface area contributed by atoms with E-state index in [1.165, 1.54) is 12.0 Å². The monoisotopic (exact) mass is 260 g/mol. The fourth-order valence-electron chi connectivity index (χ4n) is 1.78. The van der Waals surface area contributed by atoms with Crippen molar-refractivity contribution in [3.63, 3.8) is 0 Å². The van der Waals surface area contributed by atoms with Crippen LogP contribution in [0.4, 0.5) is 10.5 Å². The van der Waals surface area contributed by atoms with Gasteiger partial charge < -0.3 is 9.47 Å². The van der Waals surface area contributed by atoms with Gasteiger partial charge in [0, 0.05) is 12.2 Å². The predicted octanol–water partition coefficient (Wildman–Crippen LogP) is 1.57. The van der Waals surface area contributed by atoms with Crippen molar-refractivity contribution in [3.8, 4) is 6.07 Å². The maximum atomic E-state index is 11.6. The van der Waals surface area contributed by atoms with Crippen LogP contribution in [-0.2, 0) is 9.47 Å². The third-order valence-electron chi connectivity index (χ3n) is 2.81. The molecule has 0 radical (unpaired) electrons. The number of carbonyl (C=O) groups excluding carboxylic acids is 2. The van der Waals surface area contributed by atoms with E-state index in [-0.39, 0.29) is 19.1 Å². The molecular formula is C13H12N2O4. The van der Waals surface area contributed by atoms with Gasteiger partial charge in [-0.15, -0.1) is 0 Å². The van der Waals surface area contributed by atoms with Crippen LogP contribution in [0.5, 0.6) is 0 Å². The van der Waals surface area contributed by atoms with Gasteiger partial charge in [-0.05, 0) is 24.3 Å². The smallest absolute Gasteiger partial charge is 0.414 e. The van der Waals surface area contributed by atoms with Crippen LogP contribution in [0, 0.1) is 17.2 Å². The second-order valence-corrected chi connectivity index (χ2v) is 4.05. The number of amides is 1. The predicted molar refractivity (Wildman–Crippen MR) is 65.6 cm³/mol. The Bertz CT molecular complexity index is 533. The molecule has 0 aromatic heterocycles. The first-order chi connectivity index (χ1) is 9.15. The molecule has 0 saturated carbocycles. The normalized spacial score (nSPS) is 18.4. The van der Waals surface area contributed by atoms with Gasteiger partial charge in [-0.2, -0.15) is 5.26 Å². The number of carbonyl (C=O) groups is 2. The van der Waals surface area contributed by atoms with Crippen LogP contribution >= 0.6 is 0 Å². The second-order valence-electron chi connectivity index (χ2n) is 4.05. The van der Waals surface area contributed by atoms with Gasteiger partial charge >= 0.3 is 12.1 Å². The van der Waals surface area contributed by atoms with Crippen molar-refractivity contribution in [3.05, 3.63) is 29.8 Å². The van der Waals surface area contributed by atoms with Gasteiger partial charge in [0.2, 0.25) is 0 Å². The number of rotatable bonds is 2. The van der Waals surface area contributed by atoms with Crippen molar-refractivity contribution < 1.29 is 19.1 Å². The van der Waals surface area contributed by atoms with E-state index in [0.717, 1.165) is 0 Å². The molecule has 1 saturated heterocycles. The zero-order chi connectivity index (χ0) is 13.8. The number of esters is 1. The topological polar surface area (TPSA) is 79.6 Å². The Labute approximate surface area is 110 Å². The summed E-state index contributed by atoms with van der Waals surface area (Å²) in [7, 11) is 1.30. The van der Waals surface area contributed by atoms with E-state index < -0.39 is 12.1 Å². The molecule has 1 aromatic rings. The Morgan fingerprint density at radius 2 is 2.16 bits per heavy atom. The Hall–Kier alpha value is -2.55. The number of nitrogens with zero attached hydrogens (tertiary/aromatic N) is 2. The lowest BCUT2D eigenvalue weighted by atomic mass is 10.1. The van der Waals surface area contributed by atoms with E-state index in [9.17, 15) is 9.59 Å². The molecule has 6 nitrogen and oxygen atoms in total. The Kier molecular flexibility index (Phi) is 3.66. The van der Waals surface area contributed by atoms with Crippen LogP contribution in [0.1, 0.15) is 10.4 Å². The molecule has 98 valence electrons. The van der Waals surface area contributed by atoms with Crippen molar-refractivity contribution in [2.45, 2.75) is 0 Å². The Morgan fingerprint density at radius 1 is 1.47 bits per heavy atom. The molecule has 1 aliphatic rings. The summed E-state index contributed by atoms with van der Waals surface area (Å²) in [6, 6.07) is 8.43. The van der Waals surface area contributed by atoms with Gasteiger partial charge in [0.05, 0.1) is 24.7 Å². The minimum Gasteiger partial charge on any atom is -0.465 e. The van der Waals surface area contributed by atoms with Crippen molar-refractivity contribution in [2.24, 2.45) is 5.92 Å². The molecule has 1 aromatic carbocycles. The number of hydrogen-bond donors (Lipinski definition) is 0. The lowest BCUT2D eigenvalue weighted by Crippen LogP contribution is -2.42. The summed E-state index contributed by atoms with van der Waals surface area (Å²) in [5.41, 5.74) is 0.978. The first kappa shape index (κ1) is 12.9.